The number of hydrogen-bond acceptors (Lipinski definition) is 9. The van der Waals surface area contributed by atoms with Gasteiger partial charge in [0.1, 0.15) is 17.9 Å². The minimum atomic E-state index is -0.620. The van der Waals surface area contributed by atoms with Gasteiger partial charge in [-0.3, -0.25) is 0 Å². The second kappa shape index (κ2) is 10.4. The van der Waals surface area contributed by atoms with Crippen LogP contribution in [0.1, 0.15) is 22.8 Å². The van der Waals surface area contributed by atoms with E-state index in [1.54, 1.807) is 25.1 Å². The fourth-order valence-corrected chi connectivity index (χ4v) is 2.32. The molecule has 0 aliphatic rings. The highest BCUT2D eigenvalue weighted by molar-refractivity contribution is 9.11. The van der Waals surface area contributed by atoms with E-state index < -0.39 is 5.97 Å². The van der Waals surface area contributed by atoms with Gasteiger partial charge in [0.15, 0.2) is 0 Å². The van der Waals surface area contributed by atoms with Gasteiger partial charge in [-0.05, 0) is 13.0 Å². The van der Waals surface area contributed by atoms with Gasteiger partial charge >= 0.3 is 12.0 Å². The summed E-state index contributed by atoms with van der Waals surface area (Å²) < 4.78 is 21.5. The van der Waals surface area contributed by atoms with E-state index in [-0.39, 0.29) is 35.7 Å². The van der Waals surface area contributed by atoms with Crippen LogP contribution in [-0.4, -0.2) is 49.6 Å². The van der Waals surface area contributed by atoms with Gasteiger partial charge in [-0.1, -0.05) is 39.8 Å². The number of oxime groups is 1. The van der Waals surface area contributed by atoms with Crippen molar-refractivity contribution in [3.8, 4) is 23.5 Å². The number of halogens is 1. The van der Waals surface area contributed by atoms with Crippen molar-refractivity contribution in [2.45, 2.75) is 6.92 Å². The van der Waals surface area contributed by atoms with E-state index in [2.05, 4.69) is 37.6 Å². The van der Waals surface area contributed by atoms with E-state index in [1.165, 1.54) is 27.4 Å². The second-order valence-electron chi connectivity index (χ2n) is 5.47. The predicted molar refractivity (Wildman–Crippen MR) is 109 cm³/mol. The van der Waals surface area contributed by atoms with E-state index >= 15 is 0 Å². The fourth-order valence-electron chi connectivity index (χ4n) is 2.22. The maximum Gasteiger partial charge on any atom is 0.342 e. The lowest BCUT2D eigenvalue weighted by molar-refractivity contribution is 0.0597. The van der Waals surface area contributed by atoms with Gasteiger partial charge < -0.3 is 23.8 Å². The van der Waals surface area contributed by atoms with Crippen LogP contribution in [0.3, 0.4) is 0 Å². The molecule has 0 saturated carbocycles. The van der Waals surface area contributed by atoms with Crippen LogP contribution in [0.15, 0.2) is 40.5 Å². The number of hydrogen-bond donors (Lipinski definition) is 0. The van der Waals surface area contributed by atoms with E-state index in [1.807, 2.05) is 0 Å². The van der Waals surface area contributed by atoms with Crippen molar-refractivity contribution in [3.05, 3.63) is 46.5 Å². The number of methoxy groups -OCH3 is 3. The van der Waals surface area contributed by atoms with Crippen molar-refractivity contribution >= 4 is 27.6 Å². The molecule has 1 heterocycles. The largest absolute Gasteiger partial charge is 0.481 e. The molecule has 0 N–H and O–H groups in total. The summed E-state index contributed by atoms with van der Waals surface area (Å²) in [5.41, 5.74) is 1.04. The molecular weight excluding hydrogens is 446 g/mol. The number of rotatable bonds is 9. The highest BCUT2D eigenvalue weighted by Crippen LogP contribution is 2.29. The minimum Gasteiger partial charge on any atom is -0.481 e. The molecule has 9 nitrogen and oxygen atoms in total. The Bertz CT molecular complexity index is 910. The van der Waals surface area contributed by atoms with Crippen LogP contribution in [0, 0.1) is 0 Å². The summed E-state index contributed by atoms with van der Waals surface area (Å²) in [5.74, 6) is 0.0292. The summed E-state index contributed by atoms with van der Waals surface area (Å²) in [6, 6.07) is 6.40. The summed E-state index contributed by atoms with van der Waals surface area (Å²) in [5, 5.41) is 4.01. The summed E-state index contributed by atoms with van der Waals surface area (Å²) >= 11 is 3.18. The zero-order valence-corrected chi connectivity index (χ0v) is 18.0. The Morgan fingerprint density at radius 1 is 1.17 bits per heavy atom. The summed E-state index contributed by atoms with van der Waals surface area (Å²) in [4.78, 5) is 25.9. The summed E-state index contributed by atoms with van der Waals surface area (Å²) in [7, 11) is 4.17. The van der Waals surface area contributed by atoms with Gasteiger partial charge in [0.05, 0.1) is 33.1 Å². The second-order valence-corrected chi connectivity index (χ2v) is 6.60. The normalized spacial score (nSPS) is 10.9. The topological polar surface area (TPSA) is 101 Å². The highest BCUT2D eigenvalue weighted by atomic mass is 79.9. The molecule has 29 heavy (non-hydrogen) atoms. The van der Waals surface area contributed by atoms with Crippen LogP contribution in [-0.2, 0) is 9.57 Å². The monoisotopic (exact) mass is 465 g/mol. The summed E-state index contributed by atoms with van der Waals surface area (Å²) in [6.45, 7) is 5.53. The van der Waals surface area contributed by atoms with E-state index in [0.717, 1.165) is 0 Å². The van der Waals surface area contributed by atoms with Gasteiger partial charge in [0.2, 0.25) is 11.8 Å². The van der Waals surface area contributed by atoms with E-state index in [9.17, 15) is 4.79 Å². The van der Waals surface area contributed by atoms with E-state index in [4.69, 9.17) is 23.8 Å². The van der Waals surface area contributed by atoms with Crippen LogP contribution in [0.2, 0.25) is 0 Å². The van der Waals surface area contributed by atoms with Crippen molar-refractivity contribution < 1.29 is 28.6 Å². The molecule has 10 heteroatoms. The Kier molecular flexibility index (Phi) is 7.96. The average Bonchev–Trinajstić information content (AvgIpc) is 2.72. The molecule has 0 aliphatic carbocycles. The number of aromatic nitrogens is 2. The lowest BCUT2D eigenvalue weighted by Crippen LogP contribution is -2.12. The number of carbonyl (C=O) groups excluding carboxylic acids is 1. The molecule has 0 fully saturated rings. The lowest BCUT2D eigenvalue weighted by atomic mass is 10.0. The van der Waals surface area contributed by atoms with Gasteiger partial charge in [-0.15, -0.1) is 0 Å². The molecule has 0 atom stereocenters. The Morgan fingerprint density at radius 2 is 1.83 bits per heavy atom. The van der Waals surface area contributed by atoms with Gasteiger partial charge in [0.25, 0.3) is 0 Å². The first-order valence-electron chi connectivity index (χ1n) is 8.26. The molecule has 0 unspecified atom stereocenters. The maximum atomic E-state index is 12.5. The first kappa shape index (κ1) is 22.2. The average molecular weight is 466 g/mol. The zero-order valence-electron chi connectivity index (χ0n) is 16.4. The molecule has 1 aromatic carbocycles. The smallest absolute Gasteiger partial charge is 0.342 e. The molecule has 0 aliphatic heterocycles. The quantitative estimate of drug-likeness (QED) is 0.313. The van der Waals surface area contributed by atoms with E-state index in [0.29, 0.717) is 15.8 Å². The van der Waals surface area contributed by atoms with Crippen LogP contribution in [0.25, 0.3) is 0 Å². The fraction of sp³-hybridized carbons (Fsp3) is 0.263. The number of nitrogens with zero attached hydrogens (tertiary/aromatic N) is 3. The number of ether oxygens (including phenoxy) is 4. The zero-order chi connectivity index (χ0) is 21.4. The molecule has 2 aromatic rings. The first-order valence-corrected chi connectivity index (χ1v) is 9.05. The Balaban J connectivity index is 2.47. The lowest BCUT2D eigenvalue weighted by Gasteiger charge is -2.13. The maximum absolute atomic E-state index is 12.5. The molecule has 0 amide bonds. The Hall–Kier alpha value is -3.14. The molecule has 0 spiro atoms. The number of esters is 1. The minimum absolute atomic E-state index is 0.0649. The molecule has 2 rings (SSSR count). The van der Waals surface area contributed by atoms with Crippen LogP contribution in [0.4, 0.5) is 0 Å². The molecule has 154 valence electrons. The van der Waals surface area contributed by atoms with Crippen molar-refractivity contribution in [2.24, 2.45) is 5.16 Å². The van der Waals surface area contributed by atoms with Gasteiger partial charge in [-0.2, -0.15) is 9.97 Å². The third-order valence-corrected chi connectivity index (χ3v) is 3.74. The Labute approximate surface area is 176 Å². The summed E-state index contributed by atoms with van der Waals surface area (Å²) in [6.07, 6.45) is 0. The SMILES string of the molecule is C=C(Br)CO/N=C(/C)c1cccc(Oc2nc(OC)cc(OC)n2)c1C(=O)OC. The third-order valence-electron chi connectivity index (χ3n) is 3.51. The molecule has 0 saturated heterocycles. The van der Waals surface area contributed by atoms with Gasteiger partial charge in [0, 0.05) is 10.0 Å². The standard InChI is InChI=1S/C19H20BrN3O6/c1-11(20)10-28-23-12(2)13-7-6-8-14(17(13)18(24)27-5)29-19-21-15(25-3)9-16(22-19)26-4/h6-9H,1,10H2,2-5H3/b23-12-. The third kappa shape index (κ3) is 5.92. The van der Waals surface area contributed by atoms with Crippen molar-refractivity contribution in [1.82, 2.24) is 9.97 Å². The van der Waals surface area contributed by atoms with Crippen LogP contribution < -0.4 is 14.2 Å². The van der Waals surface area contributed by atoms with Crippen LogP contribution in [0.5, 0.6) is 23.5 Å². The van der Waals surface area contributed by atoms with Crippen molar-refractivity contribution in [3.63, 3.8) is 0 Å². The first-order chi connectivity index (χ1) is 13.9. The van der Waals surface area contributed by atoms with Crippen LogP contribution >= 0.6 is 15.9 Å². The molecule has 0 bridgehead atoms. The predicted octanol–water partition coefficient (Wildman–Crippen LogP) is 3.72. The molecule has 0 radical (unpaired) electrons. The number of benzene rings is 1. The van der Waals surface area contributed by atoms with Crippen molar-refractivity contribution in [1.29, 1.82) is 0 Å². The molecular formula is C19H20BrN3O6. The highest BCUT2D eigenvalue weighted by Gasteiger charge is 2.22. The van der Waals surface area contributed by atoms with Crippen molar-refractivity contribution in [2.75, 3.05) is 27.9 Å². The molecule has 1 aromatic heterocycles. The Morgan fingerprint density at radius 3 is 2.38 bits per heavy atom. The number of carbonyl (C=O) groups is 1. The van der Waals surface area contributed by atoms with Gasteiger partial charge in [-0.25, -0.2) is 4.79 Å².